The Hall–Kier alpha value is -2.40. The van der Waals surface area contributed by atoms with Gasteiger partial charge in [-0.1, -0.05) is 11.6 Å². The lowest BCUT2D eigenvalue weighted by atomic mass is 10.1. The van der Waals surface area contributed by atoms with Crippen molar-refractivity contribution in [3.05, 3.63) is 29.3 Å². The van der Waals surface area contributed by atoms with Gasteiger partial charge in [0.1, 0.15) is 24.1 Å². The standard InChI is InChI=1S/C17H19ClN6O4/c1-24-4-8(20-7-24)3-19-15-9(18)2-10-16(22-15)23-17(21-10)28-12-6-27-13-11(25)5-26-14(12)13/h2,4,7,11-14,25H,3,5-6H2,1H3,(H2,19,21,22,23)/t11-,12-,13-,14-/m1/s1. The number of rotatable bonds is 5. The molecule has 3 N–H and O–H groups in total. The topological polar surface area (TPSA) is 119 Å². The Bertz CT molecular complexity index is 1010. The van der Waals surface area contributed by atoms with Crippen LogP contribution in [0.5, 0.6) is 6.01 Å². The third kappa shape index (κ3) is 3.18. The molecule has 0 spiro atoms. The van der Waals surface area contributed by atoms with E-state index in [9.17, 15) is 5.11 Å². The summed E-state index contributed by atoms with van der Waals surface area (Å²) in [5, 5.41) is 13.5. The number of aliphatic hydroxyl groups excluding tert-OH is 1. The lowest BCUT2D eigenvalue weighted by Crippen LogP contribution is -2.34. The van der Waals surface area contributed by atoms with Crippen LogP contribution in [0.3, 0.4) is 0 Å². The zero-order chi connectivity index (χ0) is 19.3. The number of hydrogen-bond acceptors (Lipinski definition) is 8. The molecule has 5 rings (SSSR count). The van der Waals surface area contributed by atoms with Crippen molar-refractivity contribution in [2.75, 3.05) is 18.5 Å². The number of aromatic nitrogens is 5. The molecule has 0 unspecified atom stereocenters. The fourth-order valence-electron chi connectivity index (χ4n) is 3.50. The number of hydrogen-bond donors (Lipinski definition) is 3. The summed E-state index contributed by atoms with van der Waals surface area (Å²) in [5.41, 5.74) is 2.01. The normalized spacial score (nSPS) is 26.7. The maximum atomic E-state index is 9.83. The van der Waals surface area contributed by atoms with Crippen LogP contribution in [0.4, 0.5) is 5.82 Å². The maximum absolute atomic E-state index is 9.83. The zero-order valence-electron chi connectivity index (χ0n) is 15.0. The smallest absolute Gasteiger partial charge is 0.296 e. The quantitative estimate of drug-likeness (QED) is 0.571. The molecule has 11 heteroatoms. The molecule has 3 aromatic rings. The molecule has 0 amide bonds. The number of aliphatic hydroxyl groups is 1. The van der Waals surface area contributed by atoms with Gasteiger partial charge in [0.2, 0.25) is 0 Å². The Labute approximate surface area is 164 Å². The van der Waals surface area contributed by atoms with E-state index in [4.69, 9.17) is 25.8 Å². The van der Waals surface area contributed by atoms with Crippen LogP contribution in [0.2, 0.25) is 5.02 Å². The van der Waals surface area contributed by atoms with E-state index in [0.29, 0.717) is 41.2 Å². The molecular weight excluding hydrogens is 388 g/mol. The van der Waals surface area contributed by atoms with Crippen molar-refractivity contribution in [3.63, 3.8) is 0 Å². The van der Waals surface area contributed by atoms with E-state index < -0.39 is 6.10 Å². The van der Waals surface area contributed by atoms with Gasteiger partial charge in [0.15, 0.2) is 11.8 Å². The van der Waals surface area contributed by atoms with Gasteiger partial charge in [0, 0.05) is 13.2 Å². The van der Waals surface area contributed by atoms with Gasteiger partial charge >= 0.3 is 0 Å². The molecule has 0 radical (unpaired) electrons. The minimum absolute atomic E-state index is 0.248. The molecule has 3 aromatic heterocycles. The first-order chi connectivity index (χ1) is 13.6. The van der Waals surface area contributed by atoms with E-state index in [1.807, 2.05) is 17.8 Å². The van der Waals surface area contributed by atoms with E-state index in [2.05, 4.69) is 25.3 Å². The van der Waals surface area contributed by atoms with Crippen molar-refractivity contribution in [3.8, 4) is 6.01 Å². The van der Waals surface area contributed by atoms with Gasteiger partial charge in [-0.05, 0) is 6.07 Å². The fraction of sp³-hybridized carbons (Fsp3) is 0.471. The highest BCUT2D eigenvalue weighted by molar-refractivity contribution is 6.33. The van der Waals surface area contributed by atoms with Crippen molar-refractivity contribution in [1.82, 2.24) is 24.5 Å². The van der Waals surface area contributed by atoms with Crippen LogP contribution >= 0.6 is 11.6 Å². The summed E-state index contributed by atoms with van der Waals surface area (Å²) in [7, 11) is 1.91. The fourth-order valence-corrected chi connectivity index (χ4v) is 3.71. The minimum atomic E-state index is -0.623. The van der Waals surface area contributed by atoms with E-state index in [1.54, 1.807) is 12.4 Å². The SMILES string of the molecule is Cn1cnc(CNc2nc3nc(O[C@@H]4CO[C@H]5[C@@H]4OC[C@H]5O)[nH]c3cc2Cl)c1. The molecule has 2 aliphatic rings. The van der Waals surface area contributed by atoms with Crippen molar-refractivity contribution in [1.29, 1.82) is 0 Å². The number of ether oxygens (including phenoxy) is 3. The van der Waals surface area contributed by atoms with Crippen molar-refractivity contribution < 1.29 is 19.3 Å². The Kier molecular flexibility index (Phi) is 4.35. The Morgan fingerprint density at radius 2 is 2.21 bits per heavy atom. The third-order valence-electron chi connectivity index (χ3n) is 4.85. The van der Waals surface area contributed by atoms with Gasteiger partial charge in [-0.2, -0.15) is 4.98 Å². The number of nitrogens with one attached hydrogen (secondary N) is 2. The number of nitrogens with zero attached hydrogens (tertiary/aromatic N) is 4. The van der Waals surface area contributed by atoms with Crippen LogP contribution < -0.4 is 10.1 Å². The Morgan fingerprint density at radius 1 is 1.36 bits per heavy atom. The summed E-state index contributed by atoms with van der Waals surface area (Å²) in [5.74, 6) is 0.518. The van der Waals surface area contributed by atoms with Gasteiger partial charge in [0.05, 0.1) is 42.3 Å². The first-order valence-electron chi connectivity index (χ1n) is 8.92. The highest BCUT2D eigenvalue weighted by Crippen LogP contribution is 2.30. The average molecular weight is 407 g/mol. The van der Waals surface area contributed by atoms with Crippen LogP contribution in [0.15, 0.2) is 18.6 Å². The zero-order valence-corrected chi connectivity index (χ0v) is 15.8. The van der Waals surface area contributed by atoms with Crippen molar-refractivity contribution >= 4 is 28.6 Å². The minimum Gasteiger partial charge on any atom is -0.456 e. The van der Waals surface area contributed by atoms with Crippen molar-refractivity contribution in [2.24, 2.45) is 7.05 Å². The van der Waals surface area contributed by atoms with Crippen LogP contribution in [-0.4, -0.2) is 67.2 Å². The number of anilines is 1. The largest absolute Gasteiger partial charge is 0.456 e. The van der Waals surface area contributed by atoms with E-state index in [0.717, 1.165) is 5.69 Å². The molecule has 2 aliphatic heterocycles. The molecule has 148 valence electrons. The van der Waals surface area contributed by atoms with Gasteiger partial charge in [0.25, 0.3) is 6.01 Å². The van der Waals surface area contributed by atoms with E-state index >= 15 is 0 Å². The predicted molar refractivity (Wildman–Crippen MR) is 99.3 cm³/mol. The Morgan fingerprint density at radius 3 is 3.04 bits per heavy atom. The summed E-state index contributed by atoms with van der Waals surface area (Å²) in [6.45, 7) is 1.07. The molecule has 0 aromatic carbocycles. The molecule has 2 fully saturated rings. The number of aromatic amines is 1. The van der Waals surface area contributed by atoms with E-state index in [1.165, 1.54) is 0 Å². The van der Waals surface area contributed by atoms with Crippen LogP contribution in [-0.2, 0) is 23.1 Å². The first-order valence-corrected chi connectivity index (χ1v) is 9.29. The average Bonchev–Trinajstić information content (AvgIpc) is 3.41. The van der Waals surface area contributed by atoms with Crippen LogP contribution in [0, 0.1) is 0 Å². The summed E-state index contributed by atoms with van der Waals surface area (Å²) in [4.78, 5) is 16.2. The number of pyridine rings is 1. The summed E-state index contributed by atoms with van der Waals surface area (Å²) in [6, 6.07) is 2.05. The lowest BCUT2D eigenvalue weighted by molar-refractivity contribution is 0.00706. The maximum Gasteiger partial charge on any atom is 0.296 e. The highest BCUT2D eigenvalue weighted by Gasteiger charge is 2.48. The molecule has 0 aliphatic carbocycles. The first kappa shape index (κ1) is 17.7. The molecule has 5 heterocycles. The number of fused-ring (bicyclic) bond motifs is 2. The molecule has 0 saturated carbocycles. The molecule has 28 heavy (non-hydrogen) atoms. The van der Waals surface area contributed by atoms with Gasteiger partial charge in [-0.15, -0.1) is 0 Å². The molecule has 10 nitrogen and oxygen atoms in total. The monoisotopic (exact) mass is 406 g/mol. The van der Waals surface area contributed by atoms with Gasteiger partial charge < -0.3 is 34.2 Å². The molecule has 4 atom stereocenters. The second-order valence-electron chi connectivity index (χ2n) is 6.94. The summed E-state index contributed by atoms with van der Waals surface area (Å²) < 4.78 is 18.9. The number of imidazole rings is 2. The van der Waals surface area contributed by atoms with Gasteiger partial charge in [-0.3, -0.25) is 0 Å². The second-order valence-corrected chi connectivity index (χ2v) is 7.34. The Balaban J connectivity index is 1.32. The number of aryl methyl sites for hydroxylation is 1. The molecule has 2 saturated heterocycles. The van der Waals surface area contributed by atoms with Crippen LogP contribution in [0.1, 0.15) is 5.69 Å². The van der Waals surface area contributed by atoms with Crippen LogP contribution in [0.25, 0.3) is 11.2 Å². The summed E-state index contributed by atoms with van der Waals surface area (Å²) >= 11 is 6.34. The van der Waals surface area contributed by atoms with E-state index in [-0.39, 0.29) is 24.9 Å². The van der Waals surface area contributed by atoms with Gasteiger partial charge in [-0.25, -0.2) is 9.97 Å². The van der Waals surface area contributed by atoms with Crippen molar-refractivity contribution in [2.45, 2.75) is 31.0 Å². The molecule has 0 bridgehead atoms. The third-order valence-corrected chi connectivity index (χ3v) is 5.13. The lowest BCUT2D eigenvalue weighted by Gasteiger charge is -2.15. The predicted octanol–water partition coefficient (Wildman–Crippen LogP) is 0.863. The molecular formula is C17H19ClN6O4. The number of halogens is 1. The number of H-pyrrole nitrogens is 1. The second kappa shape index (κ2) is 6.89. The summed E-state index contributed by atoms with van der Waals surface area (Å²) in [6.07, 6.45) is 2.01. The highest BCUT2D eigenvalue weighted by atomic mass is 35.5.